The maximum absolute atomic E-state index is 12.3. The van der Waals surface area contributed by atoms with Crippen LogP contribution < -0.4 is 0 Å². The number of rotatable bonds is 1. The van der Waals surface area contributed by atoms with E-state index in [2.05, 4.69) is 4.98 Å². The fourth-order valence-corrected chi connectivity index (χ4v) is 2.18. The fraction of sp³-hybridized carbons (Fsp3) is 0.429. The molecule has 1 aliphatic heterocycles. The second-order valence-electron chi connectivity index (χ2n) is 4.74. The summed E-state index contributed by atoms with van der Waals surface area (Å²) in [5.74, 6) is -0.120. The average Bonchev–Trinajstić information content (AvgIpc) is 2.46. The van der Waals surface area contributed by atoms with Gasteiger partial charge in [-0.2, -0.15) is 5.26 Å². The van der Waals surface area contributed by atoms with Crippen molar-refractivity contribution in [3.05, 3.63) is 29.1 Å². The maximum atomic E-state index is 12.3. The van der Waals surface area contributed by atoms with Crippen LogP contribution in [-0.2, 0) is 4.79 Å². The standard InChI is InChI=1S/C14H16N4O2/c1-10-12(9-15)3-4-13(16-10)14(20)18-7-5-17(6-8-18)11(2)19/h3-4H,5-8H2,1-2H3. The summed E-state index contributed by atoms with van der Waals surface area (Å²) in [7, 11) is 0. The molecule has 0 aromatic carbocycles. The first-order valence-corrected chi connectivity index (χ1v) is 6.45. The number of pyridine rings is 1. The first-order valence-electron chi connectivity index (χ1n) is 6.45. The van der Waals surface area contributed by atoms with Crippen LogP contribution in [0.4, 0.5) is 0 Å². The highest BCUT2D eigenvalue weighted by Crippen LogP contribution is 2.10. The molecule has 0 atom stereocenters. The Morgan fingerprint density at radius 2 is 1.80 bits per heavy atom. The lowest BCUT2D eigenvalue weighted by molar-refractivity contribution is -0.130. The number of aryl methyl sites for hydroxylation is 1. The molecule has 1 saturated heterocycles. The molecular weight excluding hydrogens is 256 g/mol. The van der Waals surface area contributed by atoms with Crippen molar-refractivity contribution in [2.24, 2.45) is 0 Å². The van der Waals surface area contributed by atoms with Gasteiger partial charge in [-0.3, -0.25) is 9.59 Å². The predicted octanol–water partition coefficient (Wildman–Crippen LogP) is 0.566. The molecule has 1 aromatic heterocycles. The smallest absolute Gasteiger partial charge is 0.272 e. The number of hydrogen-bond acceptors (Lipinski definition) is 4. The molecule has 0 bridgehead atoms. The second kappa shape index (κ2) is 5.70. The Kier molecular flexibility index (Phi) is 3.99. The van der Waals surface area contributed by atoms with Crippen LogP contribution in [0, 0.1) is 18.3 Å². The number of amides is 2. The molecule has 2 amide bonds. The van der Waals surface area contributed by atoms with E-state index in [0.717, 1.165) is 0 Å². The highest BCUT2D eigenvalue weighted by molar-refractivity contribution is 5.92. The van der Waals surface area contributed by atoms with Crippen molar-refractivity contribution in [1.29, 1.82) is 5.26 Å². The van der Waals surface area contributed by atoms with Crippen molar-refractivity contribution in [3.63, 3.8) is 0 Å². The van der Waals surface area contributed by atoms with Crippen molar-refractivity contribution in [2.75, 3.05) is 26.2 Å². The molecule has 1 fully saturated rings. The van der Waals surface area contributed by atoms with Gasteiger partial charge in [0.25, 0.3) is 5.91 Å². The Morgan fingerprint density at radius 3 is 2.30 bits per heavy atom. The number of piperazine rings is 1. The number of aromatic nitrogens is 1. The van der Waals surface area contributed by atoms with Gasteiger partial charge in [0.05, 0.1) is 11.3 Å². The number of carbonyl (C=O) groups excluding carboxylic acids is 2. The zero-order valence-corrected chi connectivity index (χ0v) is 11.6. The average molecular weight is 272 g/mol. The topological polar surface area (TPSA) is 77.3 Å². The van der Waals surface area contributed by atoms with Crippen LogP contribution in [0.2, 0.25) is 0 Å². The lowest BCUT2D eigenvalue weighted by atomic mass is 10.2. The van der Waals surface area contributed by atoms with Gasteiger partial charge in [0, 0.05) is 33.1 Å². The zero-order valence-electron chi connectivity index (χ0n) is 11.6. The minimum Gasteiger partial charge on any atom is -0.339 e. The zero-order chi connectivity index (χ0) is 14.7. The summed E-state index contributed by atoms with van der Waals surface area (Å²) in [6.07, 6.45) is 0. The van der Waals surface area contributed by atoms with Crippen molar-refractivity contribution in [1.82, 2.24) is 14.8 Å². The molecule has 2 rings (SSSR count). The lowest BCUT2D eigenvalue weighted by Gasteiger charge is -2.34. The largest absolute Gasteiger partial charge is 0.339 e. The monoisotopic (exact) mass is 272 g/mol. The highest BCUT2D eigenvalue weighted by Gasteiger charge is 2.24. The molecule has 0 N–H and O–H groups in total. The second-order valence-corrected chi connectivity index (χ2v) is 4.74. The summed E-state index contributed by atoms with van der Waals surface area (Å²) in [5.41, 5.74) is 1.38. The van der Waals surface area contributed by atoms with E-state index in [1.807, 2.05) is 6.07 Å². The summed E-state index contributed by atoms with van der Waals surface area (Å²) in [6.45, 7) is 5.37. The van der Waals surface area contributed by atoms with Crippen molar-refractivity contribution >= 4 is 11.8 Å². The van der Waals surface area contributed by atoms with Crippen LogP contribution in [0.5, 0.6) is 0 Å². The van der Waals surface area contributed by atoms with Gasteiger partial charge in [0.1, 0.15) is 11.8 Å². The summed E-state index contributed by atoms with van der Waals surface area (Å²) in [5, 5.41) is 8.86. The Morgan fingerprint density at radius 1 is 1.20 bits per heavy atom. The van der Waals surface area contributed by atoms with Crippen LogP contribution in [0.3, 0.4) is 0 Å². The quantitative estimate of drug-likeness (QED) is 0.748. The number of hydrogen-bond donors (Lipinski definition) is 0. The number of nitrogens with zero attached hydrogens (tertiary/aromatic N) is 4. The number of carbonyl (C=O) groups is 2. The van der Waals surface area contributed by atoms with Crippen molar-refractivity contribution in [3.8, 4) is 6.07 Å². The van der Waals surface area contributed by atoms with E-state index in [9.17, 15) is 9.59 Å². The molecule has 0 unspecified atom stereocenters. The predicted molar refractivity (Wildman–Crippen MR) is 71.8 cm³/mol. The third kappa shape index (κ3) is 2.77. The van der Waals surface area contributed by atoms with Crippen LogP contribution in [0.1, 0.15) is 28.7 Å². The van der Waals surface area contributed by atoms with E-state index in [1.165, 1.54) is 6.92 Å². The van der Waals surface area contributed by atoms with E-state index in [4.69, 9.17) is 5.26 Å². The van der Waals surface area contributed by atoms with Gasteiger partial charge >= 0.3 is 0 Å². The SMILES string of the molecule is CC(=O)N1CCN(C(=O)c2ccc(C#N)c(C)n2)CC1. The molecule has 1 aliphatic rings. The van der Waals surface area contributed by atoms with E-state index in [-0.39, 0.29) is 11.8 Å². The van der Waals surface area contributed by atoms with Gasteiger partial charge in [-0.25, -0.2) is 4.98 Å². The van der Waals surface area contributed by atoms with Crippen LogP contribution in [0.25, 0.3) is 0 Å². The fourth-order valence-electron chi connectivity index (χ4n) is 2.18. The minimum atomic E-state index is -0.152. The Balaban J connectivity index is 2.08. The van der Waals surface area contributed by atoms with Gasteiger partial charge in [0.15, 0.2) is 0 Å². The molecule has 0 spiro atoms. The summed E-state index contributed by atoms with van der Waals surface area (Å²) in [6, 6.07) is 5.21. The van der Waals surface area contributed by atoms with E-state index < -0.39 is 0 Å². The summed E-state index contributed by atoms with van der Waals surface area (Å²) in [4.78, 5) is 31.1. The summed E-state index contributed by atoms with van der Waals surface area (Å²) >= 11 is 0. The van der Waals surface area contributed by atoms with E-state index in [1.54, 1.807) is 28.9 Å². The molecular formula is C14H16N4O2. The first-order chi connectivity index (χ1) is 9.52. The number of nitriles is 1. The van der Waals surface area contributed by atoms with Gasteiger partial charge in [-0.1, -0.05) is 0 Å². The molecule has 6 heteroatoms. The van der Waals surface area contributed by atoms with Gasteiger partial charge in [-0.15, -0.1) is 0 Å². The van der Waals surface area contributed by atoms with Crippen molar-refractivity contribution < 1.29 is 9.59 Å². The third-order valence-corrected chi connectivity index (χ3v) is 3.44. The molecule has 20 heavy (non-hydrogen) atoms. The first kappa shape index (κ1) is 14.0. The summed E-state index contributed by atoms with van der Waals surface area (Å²) < 4.78 is 0. The van der Waals surface area contributed by atoms with Crippen LogP contribution in [0.15, 0.2) is 12.1 Å². The van der Waals surface area contributed by atoms with E-state index in [0.29, 0.717) is 43.1 Å². The van der Waals surface area contributed by atoms with E-state index >= 15 is 0 Å². The maximum Gasteiger partial charge on any atom is 0.272 e. The minimum absolute atomic E-state index is 0.0319. The molecule has 6 nitrogen and oxygen atoms in total. The van der Waals surface area contributed by atoms with Gasteiger partial charge in [-0.05, 0) is 19.1 Å². The molecule has 1 aromatic rings. The van der Waals surface area contributed by atoms with Crippen LogP contribution >= 0.6 is 0 Å². The Hall–Kier alpha value is -2.42. The molecule has 0 saturated carbocycles. The van der Waals surface area contributed by atoms with Crippen LogP contribution in [-0.4, -0.2) is 52.8 Å². The lowest BCUT2D eigenvalue weighted by Crippen LogP contribution is -2.50. The molecule has 0 aliphatic carbocycles. The van der Waals surface area contributed by atoms with Gasteiger partial charge < -0.3 is 9.80 Å². The highest BCUT2D eigenvalue weighted by atomic mass is 16.2. The molecule has 0 radical (unpaired) electrons. The molecule has 2 heterocycles. The Bertz CT molecular complexity index is 583. The molecule has 104 valence electrons. The third-order valence-electron chi connectivity index (χ3n) is 3.44. The normalized spacial score (nSPS) is 14.8. The van der Waals surface area contributed by atoms with Crippen molar-refractivity contribution in [2.45, 2.75) is 13.8 Å². The van der Waals surface area contributed by atoms with Gasteiger partial charge in [0.2, 0.25) is 5.91 Å². The Labute approximate surface area is 117 Å².